The van der Waals surface area contributed by atoms with Gasteiger partial charge in [0.25, 0.3) is 0 Å². The average molecular weight is 447 g/mol. The lowest BCUT2D eigenvalue weighted by atomic mass is 10.00. The van der Waals surface area contributed by atoms with Crippen LogP contribution in [0, 0.1) is 11.8 Å². The molecule has 0 bridgehead atoms. The molecule has 7 heteroatoms. The average Bonchev–Trinajstić information content (AvgIpc) is 2.75. The van der Waals surface area contributed by atoms with Crippen molar-refractivity contribution in [1.29, 1.82) is 0 Å². The van der Waals surface area contributed by atoms with Crippen LogP contribution in [-0.2, 0) is 16.0 Å². The van der Waals surface area contributed by atoms with Gasteiger partial charge in [-0.25, -0.2) is 0 Å². The highest BCUT2D eigenvalue weighted by Crippen LogP contribution is 2.21. The SMILES string of the molecule is CCCC1NC(=O)CNC(C(C)C)CN[C@@H](C)COc2ccccc2CC(C)CNC1=O. The monoisotopic (exact) mass is 446 g/mol. The molecule has 0 radical (unpaired) electrons. The molecule has 0 aliphatic carbocycles. The molecule has 1 heterocycles. The summed E-state index contributed by atoms with van der Waals surface area (Å²) in [5.74, 6) is 1.22. The molecular weight excluding hydrogens is 404 g/mol. The number of amides is 2. The van der Waals surface area contributed by atoms with E-state index >= 15 is 0 Å². The second-order valence-electron chi connectivity index (χ2n) is 9.42. The normalized spacial score (nSPS) is 26.8. The maximum Gasteiger partial charge on any atom is 0.242 e. The van der Waals surface area contributed by atoms with E-state index in [1.165, 1.54) is 0 Å². The topological polar surface area (TPSA) is 91.5 Å². The smallest absolute Gasteiger partial charge is 0.242 e. The van der Waals surface area contributed by atoms with Crippen LogP contribution in [-0.4, -0.2) is 56.2 Å². The molecule has 1 aliphatic heterocycles. The van der Waals surface area contributed by atoms with Crippen LogP contribution in [0.4, 0.5) is 0 Å². The molecule has 4 atom stereocenters. The zero-order valence-electron chi connectivity index (χ0n) is 20.4. The second kappa shape index (κ2) is 13.4. The Balaban J connectivity index is 2.17. The summed E-state index contributed by atoms with van der Waals surface area (Å²) >= 11 is 0. The molecule has 0 aromatic heterocycles. The van der Waals surface area contributed by atoms with Crippen molar-refractivity contribution in [1.82, 2.24) is 21.3 Å². The lowest BCUT2D eigenvalue weighted by Gasteiger charge is -2.26. The highest BCUT2D eigenvalue weighted by molar-refractivity contribution is 5.88. The van der Waals surface area contributed by atoms with Crippen molar-refractivity contribution in [3.8, 4) is 5.75 Å². The van der Waals surface area contributed by atoms with Crippen molar-refractivity contribution >= 4 is 11.8 Å². The van der Waals surface area contributed by atoms with Gasteiger partial charge in [0.15, 0.2) is 0 Å². The standard InChI is InChI=1S/C25H42N4O3/c1-6-9-21-25(31)28-13-18(4)12-20-10-7-8-11-23(20)32-16-19(5)26-14-22(17(2)3)27-15-24(30)29-21/h7-8,10-11,17-19,21-22,26-27H,6,9,12-16H2,1-5H3,(H,28,31)(H,29,30)/t18?,19-,21?,22?/m0/s1. The zero-order valence-corrected chi connectivity index (χ0v) is 20.4. The Morgan fingerprint density at radius 2 is 1.84 bits per heavy atom. The molecule has 0 saturated heterocycles. The molecule has 0 saturated carbocycles. The first-order valence-electron chi connectivity index (χ1n) is 12.0. The van der Waals surface area contributed by atoms with Crippen molar-refractivity contribution in [3.63, 3.8) is 0 Å². The molecule has 3 unspecified atom stereocenters. The van der Waals surface area contributed by atoms with E-state index < -0.39 is 6.04 Å². The zero-order chi connectivity index (χ0) is 23.5. The highest BCUT2D eigenvalue weighted by Gasteiger charge is 2.22. The Hall–Kier alpha value is -2.12. The summed E-state index contributed by atoms with van der Waals surface area (Å²) in [6.07, 6.45) is 2.25. The molecule has 1 aromatic rings. The summed E-state index contributed by atoms with van der Waals surface area (Å²) in [5.41, 5.74) is 1.14. The van der Waals surface area contributed by atoms with E-state index in [-0.39, 0.29) is 36.4 Å². The van der Waals surface area contributed by atoms with Gasteiger partial charge >= 0.3 is 0 Å². The van der Waals surface area contributed by atoms with Gasteiger partial charge in [-0.15, -0.1) is 0 Å². The van der Waals surface area contributed by atoms with Gasteiger partial charge in [-0.1, -0.05) is 52.3 Å². The van der Waals surface area contributed by atoms with Crippen LogP contribution in [0.5, 0.6) is 5.75 Å². The van der Waals surface area contributed by atoms with Crippen molar-refractivity contribution in [2.75, 3.05) is 26.2 Å². The van der Waals surface area contributed by atoms with Gasteiger partial charge in [-0.3, -0.25) is 9.59 Å². The van der Waals surface area contributed by atoms with E-state index in [9.17, 15) is 9.59 Å². The summed E-state index contributed by atoms with van der Waals surface area (Å²) < 4.78 is 6.14. The first-order chi connectivity index (χ1) is 15.3. The van der Waals surface area contributed by atoms with Crippen LogP contribution in [0.25, 0.3) is 0 Å². The fraction of sp³-hybridized carbons (Fsp3) is 0.680. The number of carbonyl (C=O) groups is 2. The molecule has 2 rings (SSSR count). The summed E-state index contributed by atoms with van der Waals surface area (Å²) in [6, 6.07) is 7.91. The minimum atomic E-state index is -0.508. The predicted octanol–water partition coefficient (Wildman–Crippen LogP) is 2.25. The number of hydrogen-bond acceptors (Lipinski definition) is 5. The van der Waals surface area contributed by atoms with Crippen molar-refractivity contribution in [3.05, 3.63) is 29.8 Å². The van der Waals surface area contributed by atoms with Crippen molar-refractivity contribution < 1.29 is 14.3 Å². The summed E-state index contributed by atoms with van der Waals surface area (Å²) in [6.45, 7) is 12.5. The Morgan fingerprint density at radius 1 is 1.09 bits per heavy atom. The third kappa shape index (κ3) is 8.79. The van der Waals surface area contributed by atoms with Gasteiger partial charge in [0.2, 0.25) is 11.8 Å². The van der Waals surface area contributed by atoms with Gasteiger partial charge in [-0.05, 0) is 43.2 Å². The van der Waals surface area contributed by atoms with E-state index in [2.05, 4.69) is 55.0 Å². The van der Waals surface area contributed by atoms with Crippen molar-refractivity contribution in [2.45, 2.75) is 72.0 Å². The van der Waals surface area contributed by atoms with Crippen LogP contribution < -0.4 is 26.0 Å². The minimum absolute atomic E-state index is 0.117. The number of fused-ring (bicyclic) bond motifs is 1. The van der Waals surface area contributed by atoms with Gasteiger partial charge < -0.3 is 26.0 Å². The summed E-state index contributed by atoms with van der Waals surface area (Å²) in [5, 5.41) is 12.8. The van der Waals surface area contributed by atoms with Crippen LogP contribution in [0.2, 0.25) is 0 Å². The highest BCUT2D eigenvalue weighted by atomic mass is 16.5. The van der Waals surface area contributed by atoms with E-state index in [0.29, 0.717) is 25.5 Å². The molecule has 180 valence electrons. The Labute approximate surface area is 193 Å². The number of carbonyl (C=O) groups excluding carboxylic acids is 2. The molecule has 0 fully saturated rings. The number of ether oxygens (including phenoxy) is 1. The molecule has 2 amide bonds. The molecule has 7 nitrogen and oxygen atoms in total. The van der Waals surface area contributed by atoms with Crippen molar-refractivity contribution in [2.24, 2.45) is 11.8 Å². The van der Waals surface area contributed by atoms with Gasteiger partial charge in [-0.2, -0.15) is 0 Å². The van der Waals surface area contributed by atoms with Crippen LogP contribution in [0.15, 0.2) is 24.3 Å². The molecule has 0 spiro atoms. The number of benzene rings is 1. The summed E-state index contributed by atoms with van der Waals surface area (Å²) in [7, 11) is 0. The first kappa shape index (κ1) is 26.1. The molecule has 1 aromatic carbocycles. The maximum atomic E-state index is 12.8. The fourth-order valence-corrected chi connectivity index (χ4v) is 3.83. The van der Waals surface area contributed by atoms with Crippen LogP contribution >= 0.6 is 0 Å². The Morgan fingerprint density at radius 3 is 2.56 bits per heavy atom. The van der Waals surface area contributed by atoms with Crippen LogP contribution in [0.1, 0.15) is 53.0 Å². The fourth-order valence-electron chi connectivity index (χ4n) is 3.83. The van der Waals surface area contributed by atoms with Gasteiger partial charge in [0, 0.05) is 25.2 Å². The van der Waals surface area contributed by atoms with Gasteiger partial charge in [0.1, 0.15) is 18.4 Å². The molecule has 32 heavy (non-hydrogen) atoms. The number of nitrogens with one attached hydrogen (secondary N) is 4. The number of para-hydroxylation sites is 1. The maximum absolute atomic E-state index is 12.8. The predicted molar refractivity (Wildman–Crippen MR) is 129 cm³/mol. The Kier molecular flexibility index (Phi) is 11.0. The second-order valence-corrected chi connectivity index (χ2v) is 9.42. The van der Waals surface area contributed by atoms with E-state index in [1.807, 2.05) is 25.1 Å². The lowest BCUT2D eigenvalue weighted by Crippen LogP contribution is -2.52. The number of hydrogen-bond donors (Lipinski definition) is 4. The van der Waals surface area contributed by atoms with E-state index in [0.717, 1.165) is 30.7 Å². The molecular formula is C25H42N4O3. The number of rotatable bonds is 3. The molecule has 1 aliphatic rings. The van der Waals surface area contributed by atoms with E-state index in [1.54, 1.807) is 0 Å². The first-order valence-corrected chi connectivity index (χ1v) is 12.0. The van der Waals surface area contributed by atoms with Gasteiger partial charge in [0.05, 0.1) is 6.54 Å². The van der Waals surface area contributed by atoms with E-state index in [4.69, 9.17) is 4.74 Å². The van der Waals surface area contributed by atoms with Crippen LogP contribution in [0.3, 0.4) is 0 Å². The lowest BCUT2D eigenvalue weighted by molar-refractivity contribution is -0.129. The summed E-state index contributed by atoms with van der Waals surface area (Å²) in [4.78, 5) is 25.3. The quantitative estimate of drug-likeness (QED) is 0.572. The third-order valence-corrected chi connectivity index (χ3v) is 5.90. The third-order valence-electron chi connectivity index (χ3n) is 5.90. The minimum Gasteiger partial charge on any atom is -0.492 e. The Bertz CT molecular complexity index is 725. The largest absolute Gasteiger partial charge is 0.492 e. The molecule has 4 N–H and O–H groups in total.